The van der Waals surface area contributed by atoms with Crippen molar-refractivity contribution < 1.29 is 19.0 Å². The highest BCUT2D eigenvalue weighted by Crippen LogP contribution is 2.28. The average molecular weight is 424 g/mol. The van der Waals surface area contributed by atoms with E-state index in [0.717, 1.165) is 37.6 Å². The summed E-state index contributed by atoms with van der Waals surface area (Å²) < 4.78 is 11.7. The van der Waals surface area contributed by atoms with Gasteiger partial charge in [0.15, 0.2) is 6.04 Å². The maximum Gasteiger partial charge on any atom is 0.274 e. The minimum absolute atomic E-state index is 0.0325. The molecule has 0 saturated carbocycles. The number of piperazine rings is 1. The SMILES string of the molecule is CCOc1ccccc1N1CC[NH+]([C@H](C)c2nnc(-c3ccc([N+](=O)[O-])cc3)o2)CC1. The second-order valence-electron chi connectivity index (χ2n) is 7.52. The van der Waals surface area contributed by atoms with Gasteiger partial charge >= 0.3 is 0 Å². The van der Waals surface area contributed by atoms with Crippen molar-refractivity contribution in [1.82, 2.24) is 10.2 Å². The lowest BCUT2D eigenvalue weighted by Gasteiger charge is -2.36. The van der Waals surface area contributed by atoms with Gasteiger partial charge in [0.2, 0.25) is 5.89 Å². The third kappa shape index (κ3) is 4.51. The zero-order chi connectivity index (χ0) is 21.8. The molecule has 162 valence electrons. The fraction of sp³-hybridized carbons (Fsp3) is 0.364. The van der Waals surface area contributed by atoms with Gasteiger partial charge in [-0.25, -0.2) is 0 Å². The zero-order valence-electron chi connectivity index (χ0n) is 17.7. The summed E-state index contributed by atoms with van der Waals surface area (Å²) in [5.41, 5.74) is 1.84. The first-order valence-electron chi connectivity index (χ1n) is 10.5. The number of nitrogens with zero attached hydrogens (tertiary/aromatic N) is 4. The molecule has 2 heterocycles. The van der Waals surface area contributed by atoms with E-state index in [9.17, 15) is 10.1 Å². The van der Waals surface area contributed by atoms with Gasteiger partial charge in [-0.15, -0.1) is 10.2 Å². The Labute approximate surface area is 180 Å². The molecular weight excluding hydrogens is 398 g/mol. The van der Waals surface area contributed by atoms with Crippen LogP contribution in [0.1, 0.15) is 25.8 Å². The van der Waals surface area contributed by atoms with E-state index in [4.69, 9.17) is 9.15 Å². The van der Waals surface area contributed by atoms with Crippen LogP contribution in [0.3, 0.4) is 0 Å². The van der Waals surface area contributed by atoms with E-state index in [1.165, 1.54) is 17.0 Å². The van der Waals surface area contributed by atoms with Crippen molar-refractivity contribution in [2.75, 3.05) is 37.7 Å². The van der Waals surface area contributed by atoms with Crippen molar-refractivity contribution in [2.45, 2.75) is 19.9 Å². The number of hydrogen-bond acceptors (Lipinski definition) is 7. The second-order valence-corrected chi connectivity index (χ2v) is 7.52. The Balaban J connectivity index is 1.40. The van der Waals surface area contributed by atoms with Crippen molar-refractivity contribution in [1.29, 1.82) is 0 Å². The van der Waals surface area contributed by atoms with Gasteiger partial charge in [0.25, 0.3) is 11.6 Å². The molecule has 1 N–H and O–H groups in total. The monoisotopic (exact) mass is 424 g/mol. The Morgan fingerprint density at radius 3 is 2.55 bits per heavy atom. The number of ether oxygens (including phenoxy) is 1. The van der Waals surface area contributed by atoms with E-state index in [1.54, 1.807) is 12.1 Å². The third-order valence-corrected chi connectivity index (χ3v) is 5.66. The number of anilines is 1. The number of nitro groups is 1. The number of hydrogen-bond donors (Lipinski definition) is 1. The molecule has 1 aromatic heterocycles. The maximum absolute atomic E-state index is 10.8. The molecule has 0 bridgehead atoms. The molecule has 31 heavy (non-hydrogen) atoms. The smallest absolute Gasteiger partial charge is 0.274 e. The highest BCUT2D eigenvalue weighted by atomic mass is 16.6. The fourth-order valence-electron chi connectivity index (χ4n) is 3.89. The number of nitro benzene ring substituents is 1. The average Bonchev–Trinajstić information content (AvgIpc) is 3.30. The Kier molecular flexibility index (Phi) is 6.13. The molecule has 0 unspecified atom stereocenters. The topological polar surface area (TPSA) is 99.0 Å². The van der Waals surface area contributed by atoms with Gasteiger partial charge in [-0.2, -0.15) is 0 Å². The van der Waals surface area contributed by atoms with Crippen LogP contribution >= 0.6 is 0 Å². The van der Waals surface area contributed by atoms with Crippen LogP contribution in [0.4, 0.5) is 11.4 Å². The lowest BCUT2D eigenvalue weighted by molar-refractivity contribution is -0.931. The number of benzene rings is 2. The standard InChI is InChI=1S/C22H25N5O4/c1-3-30-20-7-5-4-6-19(20)26-14-12-25(13-15-26)16(2)21-23-24-22(31-21)17-8-10-18(11-9-17)27(28)29/h4-11,16H,3,12-15H2,1-2H3/p+1/t16-/m1/s1. The lowest BCUT2D eigenvalue weighted by Crippen LogP contribution is -3.14. The first-order chi connectivity index (χ1) is 15.1. The summed E-state index contributed by atoms with van der Waals surface area (Å²) in [6.07, 6.45) is 0. The minimum Gasteiger partial charge on any atom is -0.492 e. The van der Waals surface area contributed by atoms with Gasteiger partial charge in [0.05, 0.1) is 43.4 Å². The van der Waals surface area contributed by atoms with Crippen molar-refractivity contribution in [2.24, 2.45) is 0 Å². The Bertz CT molecular complexity index is 1030. The normalized spacial score (nSPS) is 15.6. The summed E-state index contributed by atoms with van der Waals surface area (Å²) in [4.78, 5) is 14.1. The Morgan fingerprint density at radius 2 is 1.87 bits per heavy atom. The number of quaternary nitrogens is 1. The number of para-hydroxylation sites is 2. The molecule has 3 aromatic rings. The van der Waals surface area contributed by atoms with Gasteiger partial charge in [-0.3, -0.25) is 10.1 Å². The molecule has 1 aliphatic rings. The van der Waals surface area contributed by atoms with Crippen molar-refractivity contribution in [3.63, 3.8) is 0 Å². The van der Waals surface area contributed by atoms with Crippen LogP contribution < -0.4 is 14.5 Å². The molecule has 9 nitrogen and oxygen atoms in total. The molecule has 4 rings (SSSR count). The number of nitrogens with one attached hydrogen (secondary N) is 1. The summed E-state index contributed by atoms with van der Waals surface area (Å²) in [6.45, 7) is 8.43. The van der Waals surface area contributed by atoms with Crippen LogP contribution in [0.2, 0.25) is 0 Å². The van der Waals surface area contributed by atoms with Crippen LogP contribution in [0.25, 0.3) is 11.5 Å². The van der Waals surface area contributed by atoms with E-state index in [1.807, 2.05) is 25.1 Å². The van der Waals surface area contributed by atoms with Crippen LogP contribution in [0.5, 0.6) is 5.75 Å². The molecular formula is C22H26N5O4+. The Morgan fingerprint density at radius 1 is 1.16 bits per heavy atom. The fourth-order valence-corrected chi connectivity index (χ4v) is 3.89. The van der Waals surface area contributed by atoms with Crippen LogP contribution in [0, 0.1) is 10.1 Å². The molecule has 0 aliphatic carbocycles. The van der Waals surface area contributed by atoms with Crippen molar-refractivity contribution >= 4 is 11.4 Å². The summed E-state index contributed by atoms with van der Waals surface area (Å²) in [5, 5.41) is 19.2. The van der Waals surface area contributed by atoms with E-state index in [0.29, 0.717) is 24.0 Å². The molecule has 1 saturated heterocycles. The van der Waals surface area contributed by atoms with Crippen molar-refractivity contribution in [3.8, 4) is 17.2 Å². The van der Waals surface area contributed by atoms with Crippen LogP contribution in [0.15, 0.2) is 52.9 Å². The Hall–Kier alpha value is -3.46. The third-order valence-electron chi connectivity index (χ3n) is 5.66. The first kappa shape index (κ1) is 20.8. The highest BCUT2D eigenvalue weighted by molar-refractivity contribution is 5.58. The highest BCUT2D eigenvalue weighted by Gasteiger charge is 2.30. The molecule has 1 aliphatic heterocycles. The van der Waals surface area contributed by atoms with Gasteiger partial charge < -0.3 is 19.0 Å². The predicted molar refractivity (Wildman–Crippen MR) is 115 cm³/mol. The lowest BCUT2D eigenvalue weighted by atomic mass is 10.2. The van der Waals surface area contributed by atoms with Crippen LogP contribution in [-0.4, -0.2) is 47.9 Å². The van der Waals surface area contributed by atoms with Gasteiger partial charge in [-0.1, -0.05) is 12.1 Å². The van der Waals surface area contributed by atoms with E-state index in [-0.39, 0.29) is 11.7 Å². The molecule has 0 amide bonds. The maximum atomic E-state index is 10.8. The quantitative estimate of drug-likeness (QED) is 0.460. The molecule has 1 fully saturated rings. The number of non-ortho nitro benzene ring substituents is 1. The molecule has 1 atom stereocenters. The predicted octanol–water partition coefficient (Wildman–Crippen LogP) is 2.51. The molecule has 9 heteroatoms. The van der Waals surface area contributed by atoms with Crippen molar-refractivity contribution in [3.05, 3.63) is 64.5 Å². The summed E-state index contributed by atoms with van der Waals surface area (Å²) in [5.74, 6) is 1.87. The number of rotatable bonds is 7. The molecule has 2 aromatic carbocycles. The zero-order valence-corrected chi connectivity index (χ0v) is 17.7. The minimum atomic E-state index is -0.430. The summed E-state index contributed by atoms with van der Waals surface area (Å²) in [7, 11) is 0. The molecule has 0 radical (unpaired) electrons. The van der Waals surface area contributed by atoms with Gasteiger partial charge in [0.1, 0.15) is 5.75 Å². The van der Waals surface area contributed by atoms with E-state index < -0.39 is 4.92 Å². The van der Waals surface area contributed by atoms with Crippen LogP contribution in [-0.2, 0) is 0 Å². The second kappa shape index (κ2) is 9.13. The van der Waals surface area contributed by atoms with E-state index >= 15 is 0 Å². The summed E-state index contributed by atoms with van der Waals surface area (Å²) >= 11 is 0. The molecule has 0 spiro atoms. The van der Waals surface area contributed by atoms with Gasteiger partial charge in [-0.05, 0) is 38.1 Å². The largest absolute Gasteiger partial charge is 0.492 e. The first-order valence-corrected chi connectivity index (χ1v) is 10.5. The number of aromatic nitrogens is 2. The summed E-state index contributed by atoms with van der Waals surface area (Å²) in [6, 6.07) is 14.3. The van der Waals surface area contributed by atoms with Gasteiger partial charge in [0, 0.05) is 17.7 Å². The van der Waals surface area contributed by atoms with E-state index in [2.05, 4.69) is 28.1 Å².